The predicted octanol–water partition coefficient (Wildman–Crippen LogP) is 3.60. The van der Waals surface area contributed by atoms with E-state index in [0.717, 1.165) is 19.6 Å². The van der Waals surface area contributed by atoms with Gasteiger partial charge in [0.1, 0.15) is 0 Å². The van der Waals surface area contributed by atoms with E-state index < -0.39 is 0 Å². The van der Waals surface area contributed by atoms with Crippen LogP contribution in [0.4, 0.5) is 0 Å². The van der Waals surface area contributed by atoms with Crippen molar-refractivity contribution in [1.29, 1.82) is 0 Å². The zero-order valence-electron chi connectivity index (χ0n) is 12.3. The van der Waals surface area contributed by atoms with Crippen LogP contribution in [0.15, 0.2) is 12.3 Å². The minimum Gasteiger partial charge on any atom is -0.311 e. The molecule has 1 N–H and O–H groups in total. The highest BCUT2D eigenvalue weighted by Crippen LogP contribution is 2.04. The standard InChI is InChI=1S/C15H29N3/c1-4-5-6-7-8-10-16-12-15-9-11-17-18(15)13-14(2)3/h9,11,14,16H,4-8,10,12-13H2,1-3H3. The van der Waals surface area contributed by atoms with Crippen LogP contribution in [-0.4, -0.2) is 16.3 Å². The molecule has 0 amide bonds. The van der Waals surface area contributed by atoms with E-state index >= 15 is 0 Å². The number of unbranched alkanes of at least 4 members (excludes halogenated alkanes) is 4. The lowest BCUT2D eigenvalue weighted by atomic mass is 10.1. The van der Waals surface area contributed by atoms with Gasteiger partial charge in [0.15, 0.2) is 0 Å². The summed E-state index contributed by atoms with van der Waals surface area (Å²) in [6.07, 6.45) is 8.62. The number of nitrogens with zero attached hydrogens (tertiary/aromatic N) is 2. The van der Waals surface area contributed by atoms with Gasteiger partial charge in [-0.3, -0.25) is 4.68 Å². The molecule has 0 fully saturated rings. The molecule has 1 aromatic heterocycles. The largest absolute Gasteiger partial charge is 0.311 e. The number of aromatic nitrogens is 2. The first-order valence-corrected chi connectivity index (χ1v) is 7.45. The topological polar surface area (TPSA) is 29.9 Å². The molecule has 0 saturated heterocycles. The highest BCUT2D eigenvalue weighted by Gasteiger charge is 2.03. The number of hydrogen-bond donors (Lipinski definition) is 1. The molecule has 0 aliphatic heterocycles. The van der Waals surface area contributed by atoms with E-state index in [9.17, 15) is 0 Å². The Bertz CT molecular complexity index is 304. The van der Waals surface area contributed by atoms with Gasteiger partial charge < -0.3 is 5.32 Å². The van der Waals surface area contributed by atoms with Crippen molar-refractivity contribution in [3.05, 3.63) is 18.0 Å². The molecular formula is C15H29N3. The molecule has 0 aromatic carbocycles. The normalized spacial score (nSPS) is 11.3. The fraction of sp³-hybridized carbons (Fsp3) is 0.800. The Hall–Kier alpha value is -0.830. The third-order valence-corrected chi connectivity index (χ3v) is 3.11. The monoisotopic (exact) mass is 251 g/mol. The fourth-order valence-corrected chi connectivity index (χ4v) is 2.09. The number of nitrogens with one attached hydrogen (secondary N) is 1. The molecule has 18 heavy (non-hydrogen) atoms. The minimum atomic E-state index is 0.651. The molecule has 104 valence electrons. The molecule has 0 aliphatic carbocycles. The maximum absolute atomic E-state index is 4.37. The van der Waals surface area contributed by atoms with Crippen LogP contribution < -0.4 is 5.32 Å². The lowest BCUT2D eigenvalue weighted by Gasteiger charge is -2.10. The minimum absolute atomic E-state index is 0.651. The second-order valence-corrected chi connectivity index (χ2v) is 5.49. The molecule has 1 rings (SSSR count). The van der Waals surface area contributed by atoms with Crippen LogP contribution in [0.1, 0.15) is 58.6 Å². The van der Waals surface area contributed by atoms with E-state index in [-0.39, 0.29) is 0 Å². The van der Waals surface area contributed by atoms with Gasteiger partial charge in [-0.2, -0.15) is 5.10 Å². The molecule has 0 bridgehead atoms. The Morgan fingerprint density at radius 1 is 1.22 bits per heavy atom. The van der Waals surface area contributed by atoms with Gasteiger partial charge in [0.25, 0.3) is 0 Å². The van der Waals surface area contributed by atoms with Gasteiger partial charge in [0.2, 0.25) is 0 Å². The van der Waals surface area contributed by atoms with Crippen molar-refractivity contribution in [3.63, 3.8) is 0 Å². The first-order chi connectivity index (χ1) is 8.74. The summed E-state index contributed by atoms with van der Waals surface area (Å²) in [5, 5.41) is 7.89. The van der Waals surface area contributed by atoms with Crippen LogP contribution in [-0.2, 0) is 13.1 Å². The van der Waals surface area contributed by atoms with E-state index in [1.807, 2.05) is 6.20 Å². The average molecular weight is 251 g/mol. The first kappa shape index (κ1) is 15.2. The van der Waals surface area contributed by atoms with Crippen LogP contribution in [0.3, 0.4) is 0 Å². The van der Waals surface area contributed by atoms with Crippen molar-refractivity contribution >= 4 is 0 Å². The highest BCUT2D eigenvalue weighted by atomic mass is 15.3. The molecule has 0 spiro atoms. The van der Waals surface area contributed by atoms with Gasteiger partial charge in [-0.15, -0.1) is 0 Å². The molecule has 0 unspecified atom stereocenters. The zero-order chi connectivity index (χ0) is 13.2. The third-order valence-electron chi connectivity index (χ3n) is 3.11. The summed E-state index contributed by atoms with van der Waals surface area (Å²) in [6.45, 7) is 9.80. The van der Waals surface area contributed by atoms with Crippen molar-refractivity contribution in [2.45, 2.75) is 66.0 Å². The van der Waals surface area contributed by atoms with Crippen LogP contribution >= 0.6 is 0 Å². The third kappa shape index (κ3) is 6.20. The Morgan fingerprint density at radius 3 is 2.72 bits per heavy atom. The summed E-state index contributed by atoms with van der Waals surface area (Å²) < 4.78 is 2.12. The summed E-state index contributed by atoms with van der Waals surface area (Å²) in [5.41, 5.74) is 1.30. The molecule has 0 atom stereocenters. The molecule has 1 aromatic rings. The highest BCUT2D eigenvalue weighted by molar-refractivity contribution is 5.00. The van der Waals surface area contributed by atoms with Crippen molar-refractivity contribution in [3.8, 4) is 0 Å². The summed E-state index contributed by atoms with van der Waals surface area (Å²) >= 11 is 0. The van der Waals surface area contributed by atoms with Gasteiger partial charge in [0, 0.05) is 19.3 Å². The van der Waals surface area contributed by atoms with Gasteiger partial charge in [0.05, 0.1) is 5.69 Å². The molecule has 1 heterocycles. The fourth-order valence-electron chi connectivity index (χ4n) is 2.09. The van der Waals surface area contributed by atoms with Crippen molar-refractivity contribution in [1.82, 2.24) is 15.1 Å². The lowest BCUT2D eigenvalue weighted by molar-refractivity contribution is 0.459. The van der Waals surface area contributed by atoms with E-state index in [1.54, 1.807) is 0 Å². The number of rotatable bonds is 10. The lowest BCUT2D eigenvalue weighted by Crippen LogP contribution is -2.19. The first-order valence-electron chi connectivity index (χ1n) is 7.45. The summed E-state index contributed by atoms with van der Waals surface area (Å²) in [7, 11) is 0. The average Bonchev–Trinajstić information content (AvgIpc) is 2.75. The maximum atomic E-state index is 4.37. The summed E-state index contributed by atoms with van der Waals surface area (Å²) in [4.78, 5) is 0. The molecule has 3 nitrogen and oxygen atoms in total. The molecule has 3 heteroatoms. The van der Waals surface area contributed by atoms with Gasteiger partial charge >= 0.3 is 0 Å². The van der Waals surface area contributed by atoms with E-state index in [2.05, 4.69) is 41.9 Å². The SMILES string of the molecule is CCCCCCCNCc1ccnn1CC(C)C. The molecule has 0 radical (unpaired) electrons. The number of hydrogen-bond acceptors (Lipinski definition) is 2. The van der Waals surface area contributed by atoms with Crippen molar-refractivity contribution in [2.75, 3.05) is 6.54 Å². The van der Waals surface area contributed by atoms with Crippen LogP contribution in [0.5, 0.6) is 0 Å². The maximum Gasteiger partial charge on any atom is 0.0522 e. The van der Waals surface area contributed by atoms with Crippen LogP contribution in [0, 0.1) is 5.92 Å². The predicted molar refractivity (Wildman–Crippen MR) is 77.5 cm³/mol. The van der Waals surface area contributed by atoms with Crippen LogP contribution in [0.2, 0.25) is 0 Å². The van der Waals surface area contributed by atoms with Crippen LogP contribution in [0.25, 0.3) is 0 Å². The zero-order valence-corrected chi connectivity index (χ0v) is 12.3. The molecule has 0 aliphatic rings. The van der Waals surface area contributed by atoms with E-state index in [1.165, 1.54) is 37.8 Å². The van der Waals surface area contributed by atoms with Gasteiger partial charge in [-0.1, -0.05) is 46.5 Å². The van der Waals surface area contributed by atoms with Gasteiger partial charge in [-0.05, 0) is 24.9 Å². The Balaban J connectivity index is 2.13. The van der Waals surface area contributed by atoms with E-state index in [4.69, 9.17) is 0 Å². The summed E-state index contributed by atoms with van der Waals surface area (Å²) in [5.74, 6) is 0.651. The molecule has 0 saturated carbocycles. The Morgan fingerprint density at radius 2 is 2.00 bits per heavy atom. The van der Waals surface area contributed by atoms with Crippen molar-refractivity contribution < 1.29 is 0 Å². The van der Waals surface area contributed by atoms with Gasteiger partial charge in [-0.25, -0.2) is 0 Å². The smallest absolute Gasteiger partial charge is 0.0522 e. The Labute approximate surface area is 112 Å². The second-order valence-electron chi connectivity index (χ2n) is 5.49. The molecular weight excluding hydrogens is 222 g/mol. The van der Waals surface area contributed by atoms with E-state index in [0.29, 0.717) is 5.92 Å². The summed E-state index contributed by atoms with van der Waals surface area (Å²) in [6, 6.07) is 2.12. The van der Waals surface area contributed by atoms with Crippen molar-refractivity contribution in [2.24, 2.45) is 5.92 Å². The quantitative estimate of drug-likeness (QED) is 0.644. The Kier molecular flexibility index (Phi) is 7.74. The second kappa shape index (κ2) is 9.15.